The number of rotatable bonds is 4. The van der Waals surface area contributed by atoms with E-state index in [-0.39, 0.29) is 17.8 Å². The fourth-order valence-corrected chi connectivity index (χ4v) is 4.73. The van der Waals surface area contributed by atoms with Crippen LogP contribution in [-0.2, 0) is 16.4 Å². The van der Waals surface area contributed by atoms with Gasteiger partial charge >= 0.3 is 0 Å². The second kappa shape index (κ2) is 6.72. The van der Waals surface area contributed by atoms with E-state index in [1.165, 1.54) is 22.7 Å². The molecule has 0 radical (unpaired) electrons. The highest BCUT2D eigenvalue weighted by Gasteiger charge is 2.33. The normalized spacial score (nSPS) is 16.5. The summed E-state index contributed by atoms with van der Waals surface area (Å²) in [7, 11) is -3.36. The van der Waals surface area contributed by atoms with Gasteiger partial charge in [0, 0.05) is 23.8 Å². The van der Waals surface area contributed by atoms with Gasteiger partial charge < -0.3 is 4.90 Å². The van der Waals surface area contributed by atoms with Crippen LogP contribution in [0.25, 0.3) is 0 Å². The maximum Gasteiger partial charge on any atom is 0.258 e. The van der Waals surface area contributed by atoms with E-state index in [1.54, 1.807) is 35.2 Å². The highest BCUT2D eigenvalue weighted by molar-refractivity contribution is 7.92. The molecule has 1 aliphatic rings. The van der Waals surface area contributed by atoms with Gasteiger partial charge in [-0.05, 0) is 68.3 Å². The fraction of sp³-hybridized carbons (Fsp3) is 0.316. The Bertz CT molecular complexity index is 942. The van der Waals surface area contributed by atoms with E-state index in [0.29, 0.717) is 29.9 Å². The first-order valence-electron chi connectivity index (χ1n) is 8.42. The molecule has 5 nitrogen and oxygen atoms in total. The van der Waals surface area contributed by atoms with Gasteiger partial charge in [-0.1, -0.05) is 0 Å². The molecular weight excluding hydrogens is 355 g/mol. The van der Waals surface area contributed by atoms with E-state index in [1.807, 2.05) is 13.8 Å². The number of sulfonamides is 1. The van der Waals surface area contributed by atoms with Crippen LogP contribution in [0.3, 0.4) is 0 Å². The quantitative estimate of drug-likeness (QED) is 0.823. The Hall–Kier alpha value is -2.41. The molecule has 2 aromatic carbocycles. The molecule has 1 heterocycles. The maximum absolute atomic E-state index is 13.1. The molecule has 0 saturated heterocycles. The van der Waals surface area contributed by atoms with Crippen LogP contribution in [0.5, 0.6) is 0 Å². The molecule has 0 aliphatic carbocycles. The number of fused-ring (bicyclic) bond motifs is 1. The number of carbonyl (C=O) groups is 1. The Morgan fingerprint density at radius 3 is 2.46 bits per heavy atom. The first-order valence-corrected chi connectivity index (χ1v) is 10.3. The minimum Gasteiger partial charge on any atom is -0.309 e. The molecule has 1 amide bonds. The summed E-state index contributed by atoms with van der Waals surface area (Å²) < 4.78 is 38.6. The zero-order valence-electron chi connectivity index (χ0n) is 14.9. The van der Waals surface area contributed by atoms with Gasteiger partial charge in [0.15, 0.2) is 0 Å². The molecule has 138 valence electrons. The lowest BCUT2D eigenvalue weighted by Gasteiger charge is -2.23. The smallest absolute Gasteiger partial charge is 0.258 e. The number of nitrogens with zero attached hydrogens (tertiary/aromatic N) is 2. The number of hydrogen-bond acceptors (Lipinski definition) is 3. The van der Waals surface area contributed by atoms with Crippen molar-refractivity contribution in [2.45, 2.75) is 26.3 Å². The Morgan fingerprint density at radius 2 is 1.88 bits per heavy atom. The molecule has 0 bridgehead atoms. The summed E-state index contributed by atoms with van der Waals surface area (Å²) in [5.74, 6) is -0.558. The first-order chi connectivity index (χ1) is 12.2. The van der Waals surface area contributed by atoms with Crippen molar-refractivity contribution in [3.63, 3.8) is 0 Å². The van der Waals surface area contributed by atoms with Crippen LogP contribution in [0.1, 0.15) is 29.8 Å². The highest BCUT2D eigenvalue weighted by Crippen LogP contribution is 2.35. The minimum absolute atomic E-state index is 0.176. The van der Waals surface area contributed by atoms with Crippen molar-refractivity contribution in [2.75, 3.05) is 22.0 Å². The average molecular weight is 376 g/mol. The van der Waals surface area contributed by atoms with E-state index in [0.717, 1.165) is 5.56 Å². The zero-order valence-corrected chi connectivity index (χ0v) is 15.8. The summed E-state index contributed by atoms with van der Waals surface area (Å²) in [5.41, 5.74) is 2.56. The van der Waals surface area contributed by atoms with Crippen molar-refractivity contribution < 1.29 is 17.6 Å². The van der Waals surface area contributed by atoms with Crippen LogP contribution in [0.2, 0.25) is 0 Å². The second-order valence-electron chi connectivity index (χ2n) is 6.48. The van der Waals surface area contributed by atoms with Crippen LogP contribution in [0.4, 0.5) is 15.8 Å². The summed E-state index contributed by atoms with van der Waals surface area (Å²) in [5, 5.41) is 0. The van der Waals surface area contributed by atoms with Crippen LogP contribution in [0, 0.1) is 5.82 Å². The van der Waals surface area contributed by atoms with E-state index in [2.05, 4.69) is 0 Å². The van der Waals surface area contributed by atoms with Crippen LogP contribution < -0.4 is 9.21 Å². The Labute approximate surface area is 153 Å². The molecule has 0 aromatic heterocycles. The standard InChI is InChI=1S/C19H21FN2O3S/c1-4-21(17-8-6-16(20)7-9-17)19(23)14-5-10-18-15(12-14)11-13(2)22(18)26(3,24)25/h5-10,12-13H,4,11H2,1-3H3. The van der Waals surface area contributed by atoms with Crippen LogP contribution in [-0.4, -0.2) is 33.2 Å². The summed E-state index contributed by atoms with van der Waals surface area (Å²) in [6, 6.07) is 10.7. The minimum atomic E-state index is -3.36. The predicted molar refractivity (Wildman–Crippen MR) is 101 cm³/mol. The van der Waals surface area contributed by atoms with Gasteiger partial charge in [0.25, 0.3) is 5.91 Å². The number of benzene rings is 2. The predicted octanol–water partition coefficient (Wildman–Crippen LogP) is 3.20. The molecule has 7 heteroatoms. The Kier molecular flexibility index (Phi) is 4.75. The molecule has 2 aromatic rings. The van der Waals surface area contributed by atoms with Gasteiger partial charge in [-0.3, -0.25) is 9.10 Å². The lowest BCUT2D eigenvalue weighted by atomic mass is 10.1. The highest BCUT2D eigenvalue weighted by atomic mass is 32.2. The summed E-state index contributed by atoms with van der Waals surface area (Å²) in [6.07, 6.45) is 1.75. The van der Waals surface area contributed by atoms with Crippen molar-refractivity contribution >= 4 is 27.3 Å². The van der Waals surface area contributed by atoms with Crippen molar-refractivity contribution in [3.8, 4) is 0 Å². The number of halogens is 1. The summed E-state index contributed by atoms with van der Waals surface area (Å²) >= 11 is 0. The van der Waals surface area contributed by atoms with Crippen molar-refractivity contribution in [3.05, 3.63) is 59.4 Å². The van der Waals surface area contributed by atoms with E-state index >= 15 is 0 Å². The van der Waals surface area contributed by atoms with E-state index in [4.69, 9.17) is 0 Å². The molecule has 0 N–H and O–H groups in total. The third-order valence-corrected chi connectivity index (χ3v) is 5.81. The van der Waals surface area contributed by atoms with Gasteiger partial charge in [-0.25, -0.2) is 12.8 Å². The SMILES string of the molecule is CCN(C(=O)c1ccc2c(c1)CC(C)N2S(C)(=O)=O)c1ccc(F)cc1. The molecule has 1 atom stereocenters. The lowest BCUT2D eigenvalue weighted by molar-refractivity contribution is 0.0988. The van der Waals surface area contributed by atoms with Gasteiger partial charge in [0.2, 0.25) is 10.0 Å². The van der Waals surface area contributed by atoms with Crippen molar-refractivity contribution in [2.24, 2.45) is 0 Å². The summed E-state index contributed by atoms with van der Waals surface area (Å²) in [6.45, 7) is 4.13. The van der Waals surface area contributed by atoms with E-state index < -0.39 is 10.0 Å². The number of amides is 1. The van der Waals surface area contributed by atoms with Crippen LogP contribution >= 0.6 is 0 Å². The average Bonchev–Trinajstić information content (AvgIpc) is 2.92. The molecule has 1 aliphatic heterocycles. The molecule has 0 fully saturated rings. The topological polar surface area (TPSA) is 57.7 Å². The molecular formula is C19H21FN2O3S. The summed E-state index contributed by atoms with van der Waals surface area (Å²) in [4.78, 5) is 14.5. The molecule has 3 rings (SSSR count). The van der Waals surface area contributed by atoms with Gasteiger partial charge in [-0.2, -0.15) is 0 Å². The lowest BCUT2D eigenvalue weighted by Crippen LogP contribution is -2.34. The van der Waals surface area contributed by atoms with Crippen molar-refractivity contribution in [1.29, 1.82) is 0 Å². The van der Waals surface area contributed by atoms with E-state index in [9.17, 15) is 17.6 Å². The molecule has 0 saturated carbocycles. The van der Waals surface area contributed by atoms with Crippen molar-refractivity contribution in [1.82, 2.24) is 0 Å². The third kappa shape index (κ3) is 3.31. The number of carbonyl (C=O) groups excluding carboxylic acids is 1. The van der Waals surface area contributed by atoms with Gasteiger partial charge in [-0.15, -0.1) is 0 Å². The second-order valence-corrected chi connectivity index (χ2v) is 8.34. The third-order valence-electron chi connectivity index (χ3n) is 4.54. The monoisotopic (exact) mass is 376 g/mol. The molecule has 0 spiro atoms. The largest absolute Gasteiger partial charge is 0.309 e. The fourth-order valence-electron chi connectivity index (χ4n) is 3.46. The van der Waals surface area contributed by atoms with Crippen LogP contribution in [0.15, 0.2) is 42.5 Å². The van der Waals surface area contributed by atoms with Gasteiger partial charge in [0.1, 0.15) is 5.82 Å². The molecule has 1 unspecified atom stereocenters. The number of anilines is 2. The Balaban J connectivity index is 1.94. The zero-order chi connectivity index (χ0) is 19.1. The Morgan fingerprint density at radius 1 is 1.23 bits per heavy atom. The maximum atomic E-state index is 13.1. The molecule has 26 heavy (non-hydrogen) atoms. The first kappa shape index (κ1) is 18.4. The van der Waals surface area contributed by atoms with Gasteiger partial charge in [0.05, 0.1) is 11.9 Å². The number of hydrogen-bond donors (Lipinski definition) is 0.